The fourth-order valence-corrected chi connectivity index (χ4v) is 2.94. The van der Waals surface area contributed by atoms with E-state index in [9.17, 15) is 4.79 Å². The maximum Gasteiger partial charge on any atom is 0.254 e. The van der Waals surface area contributed by atoms with E-state index in [0.717, 1.165) is 13.1 Å². The van der Waals surface area contributed by atoms with Crippen molar-refractivity contribution in [2.24, 2.45) is 11.8 Å². The standard InChI is InChI=1S/C16H23NO3/c1-11-5-12(2)10-17(9-11)16(18)13-6-14(19-3)8-15(7-13)20-4/h6-8,11-12H,5,9-10H2,1-4H3/t11-,12+. The molecule has 1 heterocycles. The lowest BCUT2D eigenvalue weighted by atomic mass is 9.91. The van der Waals surface area contributed by atoms with Gasteiger partial charge in [0.05, 0.1) is 14.2 Å². The average molecular weight is 277 g/mol. The van der Waals surface area contributed by atoms with Gasteiger partial charge in [-0.15, -0.1) is 0 Å². The molecule has 4 heteroatoms. The molecule has 1 aliphatic rings. The smallest absolute Gasteiger partial charge is 0.254 e. The highest BCUT2D eigenvalue weighted by Gasteiger charge is 2.26. The summed E-state index contributed by atoms with van der Waals surface area (Å²) in [5.41, 5.74) is 0.627. The second-order valence-corrected chi connectivity index (χ2v) is 5.76. The minimum absolute atomic E-state index is 0.0561. The number of hydrogen-bond donors (Lipinski definition) is 0. The molecule has 4 nitrogen and oxygen atoms in total. The summed E-state index contributed by atoms with van der Waals surface area (Å²) in [5.74, 6) is 2.45. The lowest BCUT2D eigenvalue weighted by Gasteiger charge is -2.35. The zero-order valence-corrected chi connectivity index (χ0v) is 12.7. The number of likely N-dealkylation sites (tertiary alicyclic amines) is 1. The summed E-state index contributed by atoms with van der Waals surface area (Å²) in [5, 5.41) is 0. The lowest BCUT2D eigenvalue weighted by molar-refractivity contribution is 0.0622. The topological polar surface area (TPSA) is 38.8 Å². The first-order valence-corrected chi connectivity index (χ1v) is 7.05. The Hall–Kier alpha value is -1.71. The Balaban J connectivity index is 2.23. The van der Waals surface area contributed by atoms with Gasteiger partial charge in [-0.2, -0.15) is 0 Å². The summed E-state index contributed by atoms with van der Waals surface area (Å²) in [7, 11) is 3.18. The molecule has 0 saturated carbocycles. The first kappa shape index (κ1) is 14.7. The Kier molecular flexibility index (Phi) is 4.53. The molecule has 110 valence electrons. The van der Waals surface area contributed by atoms with Crippen molar-refractivity contribution >= 4 is 5.91 Å². The summed E-state index contributed by atoms with van der Waals surface area (Å²) < 4.78 is 10.5. The van der Waals surface area contributed by atoms with Crippen LogP contribution in [0.1, 0.15) is 30.6 Å². The summed E-state index contributed by atoms with van der Waals surface area (Å²) >= 11 is 0. The number of carbonyl (C=O) groups excluding carboxylic acids is 1. The number of benzene rings is 1. The van der Waals surface area contributed by atoms with Gasteiger partial charge in [-0.25, -0.2) is 0 Å². The van der Waals surface area contributed by atoms with Crippen LogP contribution in [-0.4, -0.2) is 38.1 Å². The molecule has 0 aliphatic carbocycles. The van der Waals surface area contributed by atoms with Gasteiger partial charge in [-0.1, -0.05) is 13.8 Å². The monoisotopic (exact) mass is 277 g/mol. The zero-order chi connectivity index (χ0) is 14.7. The van der Waals surface area contributed by atoms with Crippen LogP contribution in [0.25, 0.3) is 0 Å². The maximum atomic E-state index is 12.6. The van der Waals surface area contributed by atoms with Crippen LogP contribution in [0.4, 0.5) is 0 Å². The van der Waals surface area contributed by atoms with Crippen molar-refractivity contribution in [3.63, 3.8) is 0 Å². The number of amides is 1. The van der Waals surface area contributed by atoms with E-state index >= 15 is 0 Å². The average Bonchev–Trinajstić information content (AvgIpc) is 2.44. The third-order valence-electron chi connectivity index (χ3n) is 3.75. The van der Waals surface area contributed by atoms with Crippen molar-refractivity contribution in [3.05, 3.63) is 23.8 Å². The first-order chi connectivity index (χ1) is 9.53. The van der Waals surface area contributed by atoms with Crippen LogP contribution < -0.4 is 9.47 Å². The Morgan fingerprint density at radius 1 is 1.05 bits per heavy atom. The molecule has 0 spiro atoms. The number of ether oxygens (including phenoxy) is 2. The van der Waals surface area contributed by atoms with Crippen LogP contribution in [-0.2, 0) is 0 Å². The van der Waals surface area contributed by atoms with Gasteiger partial charge in [0.2, 0.25) is 0 Å². The number of piperidine rings is 1. The highest BCUT2D eigenvalue weighted by Crippen LogP contribution is 2.26. The minimum atomic E-state index is 0.0561. The highest BCUT2D eigenvalue weighted by atomic mass is 16.5. The maximum absolute atomic E-state index is 12.6. The molecule has 0 N–H and O–H groups in total. The van der Waals surface area contributed by atoms with Gasteiger partial charge in [0.15, 0.2) is 0 Å². The molecule has 0 bridgehead atoms. The highest BCUT2D eigenvalue weighted by molar-refractivity contribution is 5.95. The largest absolute Gasteiger partial charge is 0.497 e. The van der Waals surface area contributed by atoms with Gasteiger partial charge in [-0.3, -0.25) is 4.79 Å². The van der Waals surface area contributed by atoms with Crippen molar-refractivity contribution in [2.45, 2.75) is 20.3 Å². The first-order valence-electron chi connectivity index (χ1n) is 7.05. The molecule has 0 unspecified atom stereocenters. The molecular weight excluding hydrogens is 254 g/mol. The van der Waals surface area contributed by atoms with E-state index in [1.807, 2.05) is 4.90 Å². The summed E-state index contributed by atoms with van der Waals surface area (Å²) in [6, 6.07) is 5.32. The molecule has 1 aliphatic heterocycles. The van der Waals surface area contributed by atoms with Crippen molar-refractivity contribution < 1.29 is 14.3 Å². The number of carbonyl (C=O) groups is 1. The van der Waals surface area contributed by atoms with Crippen molar-refractivity contribution in [1.29, 1.82) is 0 Å². The van der Waals surface area contributed by atoms with Crippen LogP contribution in [0, 0.1) is 11.8 Å². The normalized spacial score (nSPS) is 22.5. The van der Waals surface area contributed by atoms with Gasteiger partial charge >= 0.3 is 0 Å². The zero-order valence-electron chi connectivity index (χ0n) is 12.7. The molecule has 1 aromatic carbocycles. The molecule has 20 heavy (non-hydrogen) atoms. The van der Waals surface area contributed by atoms with E-state index in [2.05, 4.69) is 13.8 Å². The Bertz CT molecular complexity index is 454. The Morgan fingerprint density at radius 3 is 2.00 bits per heavy atom. The van der Waals surface area contributed by atoms with E-state index in [1.165, 1.54) is 6.42 Å². The van der Waals surface area contributed by atoms with Crippen LogP contribution in [0.5, 0.6) is 11.5 Å². The van der Waals surface area contributed by atoms with E-state index in [1.54, 1.807) is 32.4 Å². The molecule has 1 amide bonds. The van der Waals surface area contributed by atoms with E-state index in [-0.39, 0.29) is 5.91 Å². The Morgan fingerprint density at radius 2 is 1.55 bits per heavy atom. The van der Waals surface area contributed by atoms with Crippen LogP contribution in [0.15, 0.2) is 18.2 Å². The van der Waals surface area contributed by atoms with Crippen molar-refractivity contribution in [1.82, 2.24) is 4.90 Å². The molecule has 2 rings (SSSR count). The molecule has 0 aromatic heterocycles. The second kappa shape index (κ2) is 6.16. The number of methoxy groups -OCH3 is 2. The van der Waals surface area contributed by atoms with Gasteiger partial charge in [-0.05, 0) is 30.4 Å². The fraction of sp³-hybridized carbons (Fsp3) is 0.562. The summed E-state index contributed by atoms with van der Waals surface area (Å²) in [4.78, 5) is 14.6. The molecule has 1 saturated heterocycles. The molecule has 2 atom stereocenters. The van der Waals surface area contributed by atoms with Gasteiger partial charge in [0, 0.05) is 24.7 Å². The number of nitrogens with zero attached hydrogens (tertiary/aromatic N) is 1. The minimum Gasteiger partial charge on any atom is -0.497 e. The Labute approximate surface area is 120 Å². The van der Waals surface area contributed by atoms with Crippen LogP contribution >= 0.6 is 0 Å². The van der Waals surface area contributed by atoms with Crippen molar-refractivity contribution in [3.8, 4) is 11.5 Å². The summed E-state index contributed by atoms with van der Waals surface area (Å²) in [6.07, 6.45) is 1.19. The SMILES string of the molecule is COc1cc(OC)cc(C(=O)N2C[C@H](C)C[C@H](C)C2)c1. The molecule has 1 fully saturated rings. The van der Waals surface area contributed by atoms with E-state index in [0.29, 0.717) is 28.9 Å². The molecular formula is C16H23NO3. The van der Waals surface area contributed by atoms with Crippen molar-refractivity contribution in [2.75, 3.05) is 27.3 Å². The quantitative estimate of drug-likeness (QED) is 0.852. The number of rotatable bonds is 3. The van der Waals surface area contributed by atoms with Gasteiger partial charge in [0.25, 0.3) is 5.91 Å². The van der Waals surface area contributed by atoms with E-state index < -0.39 is 0 Å². The predicted molar refractivity (Wildman–Crippen MR) is 78.4 cm³/mol. The van der Waals surface area contributed by atoms with Crippen LogP contribution in [0.2, 0.25) is 0 Å². The third kappa shape index (κ3) is 3.24. The molecule has 0 radical (unpaired) electrons. The fourth-order valence-electron chi connectivity index (χ4n) is 2.94. The van der Waals surface area contributed by atoms with Gasteiger partial charge < -0.3 is 14.4 Å². The summed E-state index contributed by atoms with van der Waals surface area (Å²) in [6.45, 7) is 6.04. The lowest BCUT2D eigenvalue weighted by Crippen LogP contribution is -2.42. The third-order valence-corrected chi connectivity index (χ3v) is 3.75. The second-order valence-electron chi connectivity index (χ2n) is 5.76. The molecule has 1 aromatic rings. The van der Waals surface area contributed by atoms with E-state index in [4.69, 9.17) is 9.47 Å². The van der Waals surface area contributed by atoms with Gasteiger partial charge in [0.1, 0.15) is 11.5 Å². The number of hydrogen-bond acceptors (Lipinski definition) is 3. The predicted octanol–water partition coefficient (Wildman–Crippen LogP) is 2.82. The van der Waals surface area contributed by atoms with Crippen LogP contribution in [0.3, 0.4) is 0 Å².